The molecule has 1 aliphatic rings. The molecule has 162 valence electrons. The second kappa shape index (κ2) is 8.98. The number of carbonyl (C=O) groups is 1. The third-order valence-corrected chi connectivity index (χ3v) is 6.05. The minimum atomic E-state index is -0.289. The normalized spacial score (nSPS) is 15.8. The third kappa shape index (κ3) is 4.66. The van der Waals surface area contributed by atoms with Crippen LogP contribution < -0.4 is 0 Å². The quantitative estimate of drug-likeness (QED) is 0.623. The number of hydrogen-bond acceptors (Lipinski definition) is 5. The molecule has 0 saturated carbocycles. The van der Waals surface area contributed by atoms with E-state index in [1.807, 2.05) is 43.0 Å². The summed E-state index contributed by atoms with van der Waals surface area (Å²) in [6, 6.07) is 12.8. The summed E-state index contributed by atoms with van der Waals surface area (Å²) in [6.07, 6.45) is 0.433. The molecule has 0 aliphatic carbocycles. The zero-order chi connectivity index (χ0) is 22.0. The van der Waals surface area contributed by atoms with Crippen molar-refractivity contribution >= 4 is 5.91 Å². The molecule has 1 aromatic heterocycles. The van der Waals surface area contributed by atoms with E-state index in [4.69, 9.17) is 4.52 Å². The first-order valence-corrected chi connectivity index (χ1v) is 10.6. The third-order valence-electron chi connectivity index (χ3n) is 6.05. The number of benzene rings is 2. The lowest BCUT2D eigenvalue weighted by atomic mass is 10.1. The Bertz CT molecular complexity index is 1070. The average molecular weight is 423 g/mol. The predicted molar refractivity (Wildman–Crippen MR) is 116 cm³/mol. The molecule has 0 N–H and O–H groups in total. The van der Waals surface area contributed by atoms with Gasteiger partial charge in [0.15, 0.2) is 0 Å². The molecule has 31 heavy (non-hydrogen) atoms. The number of rotatable bonds is 5. The highest BCUT2D eigenvalue weighted by Gasteiger charge is 2.28. The number of carbonyl (C=O) groups excluding carboxylic acids is 1. The Labute approximate surface area is 181 Å². The van der Waals surface area contributed by atoms with Crippen molar-refractivity contribution in [3.8, 4) is 11.4 Å². The molecule has 1 unspecified atom stereocenters. The zero-order valence-corrected chi connectivity index (χ0v) is 18.1. The van der Waals surface area contributed by atoms with Gasteiger partial charge in [-0.2, -0.15) is 4.98 Å². The van der Waals surface area contributed by atoms with Gasteiger partial charge in [0.1, 0.15) is 5.82 Å². The lowest BCUT2D eigenvalue weighted by Crippen LogP contribution is -2.49. The Balaban J connectivity index is 1.35. The van der Waals surface area contributed by atoms with E-state index in [0.29, 0.717) is 42.4 Å². The molecule has 0 spiro atoms. The summed E-state index contributed by atoms with van der Waals surface area (Å²) in [5.41, 5.74) is 3.39. The van der Waals surface area contributed by atoms with Gasteiger partial charge in [-0.25, -0.2) is 4.39 Å². The Hall–Kier alpha value is -3.06. The molecule has 1 amide bonds. The van der Waals surface area contributed by atoms with Gasteiger partial charge in [-0.15, -0.1) is 0 Å². The van der Waals surface area contributed by atoms with Crippen molar-refractivity contribution in [3.05, 3.63) is 70.9 Å². The molecule has 7 heteroatoms. The van der Waals surface area contributed by atoms with Gasteiger partial charge in [-0.3, -0.25) is 9.69 Å². The lowest BCUT2D eigenvalue weighted by molar-refractivity contribution is -0.132. The van der Waals surface area contributed by atoms with Gasteiger partial charge in [-0.05, 0) is 43.5 Å². The van der Waals surface area contributed by atoms with E-state index < -0.39 is 0 Å². The minimum Gasteiger partial charge on any atom is -0.340 e. The SMILES string of the molecule is Cc1ccc(-c2noc(C(C)N3CCN(C(=O)Cc4ccccc4C)CC3)n2)cc1F. The average Bonchev–Trinajstić information content (AvgIpc) is 3.27. The molecule has 4 rings (SSSR count). The second-order valence-electron chi connectivity index (χ2n) is 8.12. The predicted octanol–water partition coefficient (Wildman–Crippen LogP) is 3.94. The number of piperazine rings is 1. The summed E-state index contributed by atoms with van der Waals surface area (Å²) >= 11 is 0. The van der Waals surface area contributed by atoms with Crippen molar-refractivity contribution in [2.45, 2.75) is 33.2 Å². The van der Waals surface area contributed by atoms with Crippen LogP contribution in [-0.4, -0.2) is 52.0 Å². The summed E-state index contributed by atoms with van der Waals surface area (Å²) in [4.78, 5) is 21.3. The van der Waals surface area contributed by atoms with Crippen LogP contribution in [0.4, 0.5) is 4.39 Å². The smallest absolute Gasteiger partial charge is 0.244 e. The van der Waals surface area contributed by atoms with Gasteiger partial charge in [0.05, 0.1) is 12.5 Å². The van der Waals surface area contributed by atoms with E-state index in [0.717, 1.165) is 24.2 Å². The standard InChI is InChI=1S/C24H27FN4O2/c1-16-6-4-5-7-19(16)15-22(30)29-12-10-28(11-13-29)18(3)24-26-23(27-31-24)20-9-8-17(2)21(25)14-20/h4-9,14,18H,10-13,15H2,1-3H3. The van der Waals surface area contributed by atoms with Crippen LogP contribution in [-0.2, 0) is 11.2 Å². The van der Waals surface area contributed by atoms with Crippen LogP contribution in [0.1, 0.15) is 35.5 Å². The second-order valence-corrected chi connectivity index (χ2v) is 8.12. The molecular formula is C24H27FN4O2. The first kappa shape index (κ1) is 21.2. The van der Waals surface area contributed by atoms with Crippen LogP contribution in [0.25, 0.3) is 11.4 Å². The number of amides is 1. The molecular weight excluding hydrogens is 395 g/mol. The highest BCUT2D eigenvalue weighted by Crippen LogP contribution is 2.24. The Kier molecular flexibility index (Phi) is 6.13. The van der Waals surface area contributed by atoms with Gasteiger partial charge < -0.3 is 9.42 Å². The molecule has 2 aromatic carbocycles. The maximum absolute atomic E-state index is 13.9. The highest BCUT2D eigenvalue weighted by molar-refractivity contribution is 5.79. The summed E-state index contributed by atoms with van der Waals surface area (Å²) in [5.74, 6) is 0.745. The monoisotopic (exact) mass is 422 g/mol. The van der Waals surface area contributed by atoms with Crippen molar-refractivity contribution in [2.24, 2.45) is 0 Å². The van der Waals surface area contributed by atoms with Crippen molar-refractivity contribution < 1.29 is 13.7 Å². The molecule has 6 nitrogen and oxygen atoms in total. The topological polar surface area (TPSA) is 62.5 Å². The molecule has 3 aromatic rings. The number of aromatic nitrogens is 2. The maximum Gasteiger partial charge on any atom is 0.244 e. The Morgan fingerprint density at radius 3 is 2.55 bits per heavy atom. The molecule has 1 fully saturated rings. The van der Waals surface area contributed by atoms with Gasteiger partial charge >= 0.3 is 0 Å². The summed E-state index contributed by atoms with van der Waals surface area (Å²) < 4.78 is 19.3. The summed E-state index contributed by atoms with van der Waals surface area (Å²) in [7, 11) is 0. The van der Waals surface area contributed by atoms with Gasteiger partial charge in [0.2, 0.25) is 17.6 Å². The largest absolute Gasteiger partial charge is 0.340 e. The Morgan fingerprint density at radius 1 is 1.10 bits per heavy atom. The van der Waals surface area contributed by atoms with Crippen LogP contribution in [0, 0.1) is 19.7 Å². The fourth-order valence-corrected chi connectivity index (χ4v) is 3.85. The van der Waals surface area contributed by atoms with Crippen molar-refractivity contribution in [2.75, 3.05) is 26.2 Å². The molecule has 0 radical (unpaired) electrons. The molecule has 1 atom stereocenters. The van der Waals surface area contributed by atoms with E-state index in [9.17, 15) is 9.18 Å². The van der Waals surface area contributed by atoms with E-state index in [1.165, 1.54) is 6.07 Å². The van der Waals surface area contributed by atoms with Crippen LogP contribution in [0.2, 0.25) is 0 Å². The highest BCUT2D eigenvalue weighted by atomic mass is 19.1. The maximum atomic E-state index is 13.9. The summed E-state index contributed by atoms with van der Waals surface area (Å²) in [5, 5.41) is 4.03. The van der Waals surface area contributed by atoms with Crippen molar-refractivity contribution in [1.82, 2.24) is 19.9 Å². The first-order chi connectivity index (χ1) is 14.9. The van der Waals surface area contributed by atoms with Gasteiger partial charge in [0.25, 0.3) is 0 Å². The van der Waals surface area contributed by atoms with Crippen LogP contribution >= 0.6 is 0 Å². The van der Waals surface area contributed by atoms with E-state index >= 15 is 0 Å². The minimum absolute atomic E-state index is 0.0786. The van der Waals surface area contributed by atoms with E-state index in [1.54, 1.807) is 19.1 Å². The number of aryl methyl sites for hydroxylation is 2. The number of nitrogens with zero attached hydrogens (tertiary/aromatic N) is 4. The molecule has 0 bridgehead atoms. The summed E-state index contributed by atoms with van der Waals surface area (Å²) in [6.45, 7) is 8.56. The van der Waals surface area contributed by atoms with Gasteiger partial charge in [-0.1, -0.05) is 41.6 Å². The van der Waals surface area contributed by atoms with Crippen LogP contribution in [0.5, 0.6) is 0 Å². The van der Waals surface area contributed by atoms with Crippen molar-refractivity contribution in [1.29, 1.82) is 0 Å². The number of hydrogen-bond donors (Lipinski definition) is 0. The lowest BCUT2D eigenvalue weighted by Gasteiger charge is -2.37. The first-order valence-electron chi connectivity index (χ1n) is 10.6. The van der Waals surface area contributed by atoms with E-state index in [-0.39, 0.29) is 17.8 Å². The van der Waals surface area contributed by atoms with Gasteiger partial charge in [0, 0.05) is 31.7 Å². The van der Waals surface area contributed by atoms with Crippen LogP contribution in [0.15, 0.2) is 47.0 Å². The fraction of sp³-hybridized carbons (Fsp3) is 0.375. The Morgan fingerprint density at radius 2 is 1.84 bits per heavy atom. The zero-order valence-electron chi connectivity index (χ0n) is 18.1. The number of halogens is 1. The fourth-order valence-electron chi connectivity index (χ4n) is 3.85. The molecule has 1 aliphatic heterocycles. The van der Waals surface area contributed by atoms with Crippen LogP contribution in [0.3, 0.4) is 0 Å². The molecule has 2 heterocycles. The van der Waals surface area contributed by atoms with E-state index in [2.05, 4.69) is 15.0 Å². The van der Waals surface area contributed by atoms with Crippen molar-refractivity contribution in [3.63, 3.8) is 0 Å². The molecule has 1 saturated heterocycles.